The monoisotopic (exact) mass is 444 g/mol. The molecule has 1 aromatic heterocycles. The fourth-order valence-electron chi connectivity index (χ4n) is 2.47. The molecule has 0 aliphatic heterocycles. The van der Waals surface area contributed by atoms with Crippen molar-refractivity contribution in [1.82, 2.24) is 0 Å². The van der Waals surface area contributed by atoms with Crippen LogP contribution in [-0.4, -0.2) is 18.9 Å². The van der Waals surface area contributed by atoms with Crippen LogP contribution in [0.15, 0.2) is 59.1 Å². The first-order chi connectivity index (χ1) is 13.0. The average molecular weight is 445 g/mol. The Kier molecular flexibility index (Phi) is 5.93. The molecule has 0 aliphatic carbocycles. The Labute approximate surface area is 169 Å². The molecule has 0 spiro atoms. The van der Waals surface area contributed by atoms with Gasteiger partial charge in [-0.25, -0.2) is 0 Å². The Morgan fingerprint density at radius 3 is 2.37 bits per heavy atom. The zero-order valence-corrected chi connectivity index (χ0v) is 17.1. The molecule has 3 aromatic rings. The SMILES string of the molecule is COc1ccc(NC(C)=O)c(NC(=O)c2ccc(-c3ccc(Br)cc3)s2)c1. The number of carbonyl (C=O) groups excluding carboxylic acids is 2. The van der Waals surface area contributed by atoms with E-state index in [0.29, 0.717) is 22.0 Å². The Balaban J connectivity index is 1.83. The number of hydrogen-bond acceptors (Lipinski definition) is 4. The fourth-order valence-corrected chi connectivity index (χ4v) is 3.64. The maximum Gasteiger partial charge on any atom is 0.265 e. The molecular formula is C20H17BrN2O3S. The highest BCUT2D eigenvalue weighted by atomic mass is 79.9. The summed E-state index contributed by atoms with van der Waals surface area (Å²) in [4.78, 5) is 25.7. The number of methoxy groups -OCH3 is 1. The molecule has 2 aromatic carbocycles. The number of carbonyl (C=O) groups is 2. The topological polar surface area (TPSA) is 67.4 Å². The normalized spacial score (nSPS) is 10.3. The molecule has 2 N–H and O–H groups in total. The van der Waals surface area contributed by atoms with E-state index >= 15 is 0 Å². The first-order valence-electron chi connectivity index (χ1n) is 8.09. The van der Waals surface area contributed by atoms with Crippen LogP contribution in [0.25, 0.3) is 10.4 Å². The highest BCUT2D eigenvalue weighted by Crippen LogP contribution is 2.31. The lowest BCUT2D eigenvalue weighted by Gasteiger charge is -2.12. The van der Waals surface area contributed by atoms with Crippen molar-refractivity contribution in [2.24, 2.45) is 0 Å². The van der Waals surface area contributed by atoms with Gasteiger partial charge in [-0.15, -0.1) is 11.3 Å². The summed E-state index contributed by atoms with van der Waals surface area (Å²) < 4.78 is 6.21. The summed E-state index contributed by atoms with van der Waals surface area (Å²) in [6.45, 7) is 1.42. The maximum atomic E-state index is 12.7. The zero-order valence-electron chi connectivity index (χ0n) is 14.7. The largest absolute Gasteiger partial charge is 0.497 e. The van der Waals surface area contributed by atoms with Crippen LogP contribution in [0.1, 0.15) is 16.6 Å². The van der Waals surface area contributed by atoms with E-state index < -0.39 is 0 Å². The second kappa shape index (κ2) is 8.37. The standard InChI is InChI=1S/C20H17BrN2O3S/c1-12(24)22-16-8-7-15(26-2)11-17(16)23-20(25)19-10-9-18(27-19)13-3-5-14(21)6-4-13/h3-11H,1-2H3,(H,22,24)(H,23,25). The van der Waals surface area contributed by atoms with E-state index in [1.165, 1.54) is 18.3 Å². The van der Waals surface area contributed by atoms with E-state index in [-0.39, 0.29) is 11.8 Å². The van der Waals surface area contributed by atoms with Crippen molar-refractivity contribution >= 4 is 50.5 Å². The number of thiophene rings is 1. The summed E-state index contributed by atoms with van der Waals surface area (Å²) >= 11 is 4.82. The van der Waals surface area contributed by atoms with Gasteiger partial charge in [-0.3, -0.25) is 9.59 Å². The first kappa shape index (κ1) is 19.1. The van der Waals surface area contributed by atoms with Crippen LogP contribution in [0, 0.1) is 0 Å². The van der Waals surface area contributed by atoms with Crippen LogP contribution >= 0.6 is 27.3 Å². The van der Waals surface area contributed by atoms with Crippen LogP contribution < -0.4 is 15.4 Å². The molecule has 0 bridgehead atoms. The Hall–Kier alpha value is -2.64. The van der Waals surface area contributed by atoms with Gasteiger partial charge in [0.25, 0.3) is 5.91 Å². The van der Waals surface area contributed by atoms with E-state index in [0.717, 1.165) is 14.9 Å². The average Bonchev–Trinajstić information content (AvgIpc) is 3.13. The lowest BCUT2D eigenvalue weighted by Crippen LogP contribution is -2.14. The van der Waals surface area contributed by atoms with Gasteiger partial charge in [0.15, 0.2) is 0 Å². The smallest absolute Gasteiger partial charge is 0.265 e. The second-order valence-corrected chi connectivity index (χ2v) is 7.72. The summed E-state index contributed by atoms with van der Waals surface area (Å²) in [5, 5.41) is 5.56. The molecule has 0 saturated carbocycles. The first-order valence-corrected chi connectivity index (χ1v) is 9.70. The Bertz CT molecular complexity index is 983. The lowest BCUT2D eigenvalue weighted by molar-refractivity contribution is -0.114. The van der Waals surface area contributed by atoms with Crippen molar-refractivity contribution in [2.45, 2.75) is 6.92 Å². The molecule has 7 heteroatoms. The van der Waals surface area contributed by atoms with Gasteiger partial charge in [0.2, 0.25) is 5.91 Å². The van der Waals surface area contributed by atoms with Crippen LogP contribution in [0.3, 0.4) is 0 Å². The molecule has 0 aliphatic rings. The second-order valence-electron chi connectivity index (χ2n) is 5.72. The van der Waals surface area contributed by atoms with E-state index in [4.69, 9.17) is 4.74 Å². The molecule has 0 radical (unpaired) electrons. The Morgan fingerprint density at radius 2 is 1.70 bits per heavy atom. The van der Waals surface area contributed by atoms with Crippen LogP contribution in [0.2, 0.25) is 0 Å². The molecule has 0 saturated heterocycles. The molecule has 3 rings (SSSR count). The van der Waals surface area contributed by atoms with Crippen molar-refractivity contribution in [1.29, 1.82) is 0 Å². The molecule has 27 heavy (non-hydrogen) atoms. The summed E-state index contributed by atoms with van der Waals surface area (Å²) in [7, 11) is 1.54. The van der Waals surface area contributed by atoms with E-state index in [1.807, 2.05) is 30.3 Å². The van der Waals surface area contributed by atoms with Crippen molar-refractivity contribution < 1.29 is 14.3 Å². The lowest BCUT2D eigenvalue weighted by atomic mass is 10.2. The predicted octanol–water partition coefficient (Wildman–Crippen LogP) is 5.40. The molecule has 1 heterocycles. The number of rotatable bonds is 5. The van der Waals surface area contributed by atoms with Crippen LogP contribution in [-0.2, 0) is 4.79 Å². The molecule has 5 nitrogen and oxygen atoms in total. The summed E-state index contributed by atoms with van der Waals surface area (Å²) in [5.74, 6) is 0.119. The minimum absolute atomic E-state index is 0.218. The van der Waals surface area contributed by atoms with Gasteiger partial charge in [-0.05, 0) is 42.0 Å². The number of benzene rings is 2. The summed E-state index contributed by atoms with van der Waals surface area (Å²) in [5.41, 5.74) is 2.04. The molecular weight excluding hydrogens is 428 g/mol. The van der Waals surface area contributed by atoms with Gasteiger partial charge in [0.05, 0.1) is 23.4 Å². The molecule has 2 amide bonds. The van der Waals surface area contributed by atoms with Crippen LogP contribution in [0.4, 0.5) is 11.4 Å². The van der Waals surface area contributed by atoms with Gasteiger partial charge in [-0.2, -0.15) is 0 Å². The van der Waals surface area contributed by atoms with Crippen molar-refractivity contribution in [3.63, 3.8) is 0 Å². The highest BCUT2D eigenvalue weighted by Gasteiger charge is 2.14. The third-order valence-corrected chi connectivity index (χ3v) is 5.41. The fraction of sp³-hybridized carbons (Fsp3) is 0.100. The van der Waals surface area contributed by atoms with E-state index in [2.05, 4.69) is 26.6 Å². The minimum Gasteiger partial charge on any atom is -0.497 e. The van der Waals surface area contributed by atoms with E-state index in [9.17, 15) is 9.59 Å². The minimum atomic E-state index is -0.247. The van der Waals surface area contributed by atoms with E-state index in [1.54, 1.807) is 31.4 Å². The predicted molar refractivity (Wildman–Crippen MR) is 113 cm³/mol. The van der Waals surface area contributed by atoms with Gasteiger partial charge in [0, 0.05) is 22.3 Å². The quantitative estimate of drug-likeness (QED) is 0.553. The molecule has 0 fully saturated rings. The number of amides is 2. The van der Waals surface area contributed by atoms with Crippen molar-refractivity contribution in [3.8, 4) is 16.2 Å². The van der Waals surface area contributed by atoms with Crippen LogP contribution in [0.5, 0.6) is 5.75 Å². The van der Waals surface area contributed by atoms with Crippen molar-refractivity contribution in [3.05, 3.63) is 63.9 Å². The zero-order chi connectivity index (χ0) is 19.4. The highest BCUT2D eigenvalue weighted by molar-refractivity contribution is 9.10. The number of hydrogen-bond donors (Lipinski definition) is 2. The van der Waals surface area contributed by atoms with Crippen molar-refractivity contribution in [2.75, 3.05) is 17.7 Å². The number of nitrogens with one attached hydrogen (secondary N) is 2. The van der Waals surface area contributed by atoms with Gasteiger partial charge in [0.1, 0.15) is 5.75 Å². The number of ether oxygens (including phenoxy) is 1. The van der Waals surface area contributed by atoms with Gasteiger partial charge >= 0.3 is 0 Å². The molecule has 138 valence electrons. The Morgan fingerprint density at radius 1 is 0.963 bits per heavy atom. The number of anilines is 2. The van der Waals surface area contributed by atoms with Gasteiger partial charge < -0.3 is 15.4 Å². The summed E-state index contributed by atoms with van der Waals surface area (Å²) in [6.07, 6.45) is 0. The molecule has 0 unspecified atom stereocenters. The maximum absolute atomic E-state index is 12.7. The summed E-state index contributed by atoms with van der Waals surface area (Å²) in [6, 6.07) is 16.7. The number of halogens is 1. The third kappa shape index (κ3) is 4.75. The molecule has 0 atom stereocenters. The van der Waals surface area contributed by atoms with Gasteiger partial charge in [-0.1, -0.05) is 28.1 Å². The third-order valence-electron chi connectivity index (χ3n) is 3.74.